The van der Waals surface area contributed by atoms with E-state index in [4.69, 9.17) is 0 Å². The highest BCUT2D eigenvalue weighted by Gasteiger charge is 2.11. The molecule has 2 heteroatoms. The van der Waals surface area contributed by atoms with Crippen LogP contribution in [0.2, 0.25) is 0 Å². The van der Waals surface area contributed by atoms with Crippen molar-refractivity contribution in [2.45, 2.75) is 46.1 Å². The van der Waals surface area contributed by atoms with E-state index in [1.807, 2.05) is 0 Å². The van der Waals surface area contributed by atoms with Crippen LogP contribution in [-0.2, 0) is 6.42 Å². The summed E-state index contributed by atoms with van der Waals surface area (Å²) in [7, 11) is 0. The van der Waals surface area contributed by atoms with Crippen molar-refractivity contribution in [2.75, 3.05) is 19.6 Å². The van der Waals surface area contributed by atoms with Crippen molar-refractivity contribution in [2.24, 2.45) is 0 Å². The van der Waals surface area contributed by atoms with Crippen LogP contribution in [0.5, 0.6) is 0 Å². The Hall–Kier alpha value is -0.860. The summed E-state index contributed by atoms with van der Waals surface area (Å²) in [5, 5.41) is 7.12. The van der Waals surface area contributed by atoms with Gasteiger partial charge in [0.1, 0.15) is 0 Å². The average molecular weight is 246 g/mol. The van der Waals surface area contributed by atoms with Gasteiger partial charge in [0.05, 0.1) is 0 Å². The van der Waals surface area contributed by atoms with Gasteiger partial charge in [0.2, 0.25) is 0 Å². The zero-order valence-corrected chi connectivity index (χ0v) is 12.0. The smallest absolute Gasteiger partial charge is 0.0193 e. The van der Waals surface area contributed by atoms with E-state index in [0.29, 0.717) is 6.04 Å². The molecule has 2 N–H and O–H groups in total. The van der Waals surface area contributed by atoms with E-state index in [2.05, 4.69) is 43.5 Å². The van der Waals surface area contributed by atoms with Crippen molar-refractivity contribution >= 4 is 0 Å². The fourth-order valence-electron chi connectivity index (χ4n) is 2.73. The van der Waals surface area contributed by atoms with Crippen molar-refractivity contribution < 1.29 is 0 Å². The molecule has 1 atom stereocenters. The van der Waals surface area contributed by atoms with Crippen LogP contribution in [-0.4, -0.2) is 25.7 Å². The van der Waals surface area contributed by atoms with Crippen molar-refractivity contribution in [3.05, 3.63) is 34.4 Å². The monoisotopic (exact) mass is 246 g/mol. The van der Waals surface area contributed by atoms with Crippen molar-refractivity contribution in [1.29, 1.82) is 0 Å². The molecule has 1 heterocycles. The summed E-state index contributed by atoms with van der Waals surface area (Å²) in [6, 6.07) is 5.34. The molecule has 2 rings (SSSR count). The lowest BCUT2D eigenvalue weighted by atomic mass is 9.98. The second-order valence-corrected chi connectivity index (χ2v) is 5.61. The Morgan fingerprint density at radius 3 is 2.67 bits per heavy atom. The van der Waals surface area contributed by atoms with E-state index in [0.717, 1.165) is 19.5 Å². The topological polar surface area (TPSA) is 24.1 Å². The molecule has 0 bridgehead atoms. The number of nitrogens with one attached hydrogen (secondary N) is 2. The van der Waals surface area contributed by atoms with Crippen LogP contribution in [0.3, 0.4) is 0 Å². The summed E-state index contributed by atoms with van der Waals surface area (Å²) >= 11 is 0. The molecule has 1 saturated heterocycles. The third kappa shape index (κ3) is 3.56. The zero-order chi connectivity index (χ0) is 13.0. The Morgan fingerprint density at radius 2 is 1.94 bits per heavy atom. The summed E-state index contributed by atoms with van der Waals surface area (Å²) in [6.07, 6.45) is 3.77. The van der Waals surface area contributed by atoms with Crippen LogP contribution in [0.1, 0.15) is 35.1 Å². The third-order valence-corrected chi connectivity index (χ3v) is 4.08. The third-order valence-electron chi connectivity index (χ3n) is 4.08. The summed E-state index contributed by atoms with van der Waals surface area (Å²) in [6.45, 7) is 10.0. The van der Waals surface area contributed by atoms with Crippen LogP contribution >= 0.6 is 0 Å². The molecular weight excluding hydrogens is 220 g/mol. The van der Waals surface area contributed by atoms with E-state index >= 15 is 0 Å². The average Bonchev–Trinajstić information content (AvgIpc) is 2.37. The summed E-state index contributed by atoms with van der Waals surface area (Å²) < 4.78 is 0. The lowest BCUT2D eigenvalue weighted by Crippen LogP contribution is -2.43. The summed E-state index contributed by atoms with van der Waals surface area (Å²) in [5.74, 6) is 0. The van der Waals surface area contributed by atoms with E-state index in [-0.39, 0.29) is 0 Å². The standard InChI is InChI=1S/C16H26N2/c1-12-9-14(3)15(10-13(12)2)6-8-18-16-5-4-7-17-11-16/h9-10,16-18H,4-8,11H2,1-3H3. The second-order valence-electron chi connectivity index (χ2n) is 5.61. The Morgan fingerprint density at radius 1 is 1.17 bits per heavy atom. The van der Waals surface area contributed by atoms with Crippen LogP contribution in [0, 0.1) is 20.8 Å². The molecule has 2 nitrogen and oxygen atoms in total. The van der Waals surface area contributed by atoms with Crippen LogP contribution in [0.15, 0.2) is 12.1 Å². The minimum Gasteiger partial charge on any atom is -0.315 e. The van der Waals surface area contributed by atoms with Gasteiger partial charge in [-0.2, -0.15) is 0 Å². The lowest BCUT2D eigenvalue weighted by Gasteiger charge is -2.24. The first-order valence-electron chi connectivity index (χ1n) is 7.17. The Balaban J connectivity index is 1.84. The van der Waals surface area contributed by atoms with E-state index < -0.39 is 0 Å². The first-order valence-corrected chi connectivity index (χ1v) is 7.17. The molecule has 0 saturated carbocycles. The van der Waals surface area contributed by atoms with Crippen LogP contribution in [0.25, 0.3) is 0 Å². The van der Waals surface area contributed by atoms with Gasteiger partial charge < -0.3 is 10.6 Å². The molecule has 1 unspecified atom stereocenters. The number of benzene rings is 1. The molecule has 1 aliphatic rings. The molecule has 1 aromatic carbocycles. The number of hydrogen-bond donors (Lipinski definition) is 2. The van der Waals surface area contributed by atoms with Crippen molar-refractivity contribution in [3.8, 4) is 0 Å². The van der Waals surface area contributed by atoms with E-state index in [1.165, 1.54) is 41.6 Å². The molecule has 18 heavy (non-hydrogen) atoms. The molecule has 0 amide bonds. The van der Waals surface area contributed by atoms with Crippen LogP contribution < -0.4 is 10.6 Å². The zero-order valence-electron chi connectivity index (χ0n) is 12.0. The van der Waals surface area contributed by atoms with E-state index in [9.17, 15) is 0 Å². The predicted molar refractivity (Wildman–Crippen MR) is 78.3 cm³/mol. The van der Waals surface area contributed by atoms with Crippen LogP contribution in [0.4, 0.5) is 0 Å². The molecule has 100 valence electrons. The van der Waals surface area contributed by atoms with Gasteiger partial charge in [-0.3, -0.25) is 0 Å². The first kappa shape index (κ1) is 13.6. The highest BCUT2D eigenvalue weighted by molar-refractivity contribution is 5.36. The SMILES string of the molecule is Cc1cc(C)c(CCNC2CCCNC2)cc1C. The van der Waals surface area contributed by atoms with Gasteiger partial charge in [-0.1, -0.05) is 12.1 Å². The minimum atomic E-state index is 0.672. The largest absolute Gasteiger partial charge is 0.315 e. The molecule has 1 aliphatic heterocycles. The Bertz CT molecular complexity index is 392. The van der Waals surface area contributed by atoms with Gasteiger partial charge in [0, 0.05) is 12.6 Å². The molecular formula is C16H26N2. The normalized spacial score (nSPS) is 20.1. The fourth-order valence-corrected chi connectivity index (χ4v) is 2.73. The first-order chi connectivity index (χ1) is 8.66. The molecule has 1 fully saturated rings. The van der Waals surface area contributed by atoms with E-state index in [1.54, 1.807) is 0 Å². The number of aryl methyl sites for hydroxylation is 3. The molecule has 1 aromatic rings. The maximum atomic E-state index is 3.67. The Labute approximate surface area is 111 Å². The quantitative estimate of drug-likeness (QED) is 0.853. The van der Waals surface area contributed by atoms with Gasteiger partial charge in [-0.15, -0.1) is 0 Å². The highest BCUT2D eigenvalue weighted by atomic mass is 15.0. The van der Waals surface area contributed by atoms with Gasteiger partial charge in [0.25, 0.3) is 0 Å². The maximum Gasteiger partial charge on any atom is 0.0193 e. The maximum absolute atomic E-state index is 3.67. The second kappa shape index (κ2) is 6.35. The van der Waals surface area contributed by atoms with Gasteiger partial charge in [0.15, 0.2) is 0 Å². The molecule has 0 aliphatic carbocycles. The van der Waals surface area contributed by atoms with Gasteiger partial charge in [-0.05, 0) is 75.4 Å². The predicted octanol–water partition coefficient (Wildman–Crippen LogP) is 2.50. The van der Waals surface area contributed by atoms with Gasteiger partial charge >= 0.3 is 0 Å². The number of rotatable bonds is 4. The van der Waals surface area contributed by atoms with Crippen molar-refractivity contribution in [1.82, 2.24) is 10.6 Å². The highest BCUT2D eigenvalue weighted by Crippen LogP contribution is 2.15. The lowest BCUT2D eigenvalue weighted by molar-refractivity contribution is 0.392. The summed E-state index contributed by atoms with van der Waals surface area (Å²) in [4.78, 5) is 0. The minimum absolute atomic E-state index is 0.672. The van der Waals surface area contributed by atoms with Crippen molar-refractivity contribution in [3.63, 3.8) is 0 Å². The molecule has 0 radical (unpaired) electrons. The number of hydrogen-bond acceptors (Lipinski definition) is 2. The Kier molecular flexibility index (Phi) is 4.79. The fraction of sp³-hybridized carbons (Fsp3) is 0.625. The molecule has 0 aromatic heterocycles. The summed E-state index contributed by atoms with van der Waals surface area (Å²) in [5.41, 5.74) is 5.74. The number of piperidine rings is 1. The van der Waals surface area contributed by atoms with Gasteiger partial charge in [-0.25, -0.2) is 0 Å². The molecule has 0 spiro atoms.